The van der Waals surface area contributed by atoms with Crippen molar-refractivity contribution in [2.75, 3.05) is 0 Å². The molecule has 0 aliphatic heterocycles. The highest BCUT2D eigenvalue weighted by molar-refractivity contribution is 5.97. The fourth-order valence-corrected chi connectivity index (χ4v) is 1.28. The summed E-state index contributed by atoms with van der Waals surface area (Å²) < 4.78 is 0. The molecule has 4 nitrogen and oxygen atoms in total. The zero-order valence-electron chi connectivity index (χ0n) is 8.10. The zero-order valence-corrected chi connectivity index (χ0v) is 8.10. The Morgan fingerprint density at radius 2 is 1.67 bits per heavy atom. The van der Waals surface area contributed by atoms with Crippen LogP contribution in [0.5, 0.6) is 0 Å². The largest absolute Gasteiger partial charge is 0.478 e. The molecule has 0 unspecified atom stereocenters. The van der Waals surface area contributed by atoms with Gasteiger partial charge in [0.25, 0.3) is 0 Å². The Labute approximate surface area is 86.5 Å². The lowest BCUT2D eigenvalue weighted by Crippen LogP contribution is -2.01. The van der Waals surface area contributed by atoms with Crippen molar-refractivity contribution in [2.24, 2.45) is 0 Å². The van der Waals surface area contributed by atoms with Gasteiger partial charge in [0.1, 0.15) is 0 Å². The number of rotatable bonds is 3. The second kappa shape index (κ2) is 4.41. The Morgan fingerprint density at radius 1 is 1.13 bits per heavy atom. The molecular weight excluding hydrogens is 196 g/mol. The lowest BCUT2D eigenvalue weighted by molar-refractivity contribution is -0.131. The Balaban J connectivity index is 3.25. The number of hydrogen-bond donors (Lipinski definition) is 2. The van der Waals surface area contributed by atoms with Gasteiger partial charge in [-0.1, -0.05) is 18.2 Å². The average molecular weight is 206 g/mol. The lowest BCUT2D eigenvalue weighted by Gasteiger charge is -2.04. The number of carboxylic acids is 2. The molecule has 0 amide bonds. The van der Waals surface area contributed by atoms with E-state index < -0.39 is 11.9 Å². The Kier molecular flexibility index (Phi) is 3.23. The molecule has 0 atom stereocenters. The maximum absolute atomic E-state index is 10.8. The number of benzene rings is 1. The third-order valence-corrected chi connectivity index (χ3v) is 1.92. The summed E-state index contributed by atoms with van der Waals surface area (Å²) in [6.45, 7) is 1.57. The highest BCUT2D eigenvalue weighted by Crippen LogP contribution is 2.18. The highest BCUT2D eigenvalue weighted by Gasteiger charge is 2.10. The van der Waals surface area contributed by atoms with Crippen LogP contribution in [0.3, 0.4) is 0 Å². The monoisotopic (exact) mass is 206 g/mol. The van der Waals surface area contributed by atoms with E-state index in [9.17, 15) is 9.59 Å². The van der Waals surface area contributed by atoms with E-state index in [-0.39, 0.29) is 5.56 Å². The molecule has 0 saturated heterocycles. The summed E-state index contributed by atoms with van der Waals surface area (Å²) >= 11 is 0. The van der Waals surface area contributed by atoms with Gasteiger partial charge in [0.2, 0.25) is 0 Å². The molecule has 0 bridgehead atoms. The summed E-state index contributed by atoms with van der Waals surface area (Å²) in [6, 6.07) is 6.29. The summed E-state index contributed by atoms with van der Waals surface area (Å²) in [5, 5.41) is 17.4. The number of hydrogen-bond acceptors (Lipinski definition) is 2. The first-order chi connectivity index (χ1) is 7.02. The van der Waals surface area contributed by atoms with Crippen molar-refractivity contribution in [2.45, 2.75) is 6.92 Å². The number of aliphatic carboxylic acids is 1. The molecule has 0 heterocycles. The van der Waals surface area contributed by atoms with Gasteiger partial charge in [-0.05, 0) is 24.1 Å². The highest BCUT2D eigenvalue weighted by atomic mass is 16.4. The van der Waals surface area contributed by atoms with Crippen molar-refractivity contribution in [3.63, 3.8) is 0 Å². The van der Waals surface area contributed by atoms with E-state index in [4.69, 9.17) is 10.2 Å². The topological polar surface area (TPSA) is 74.6 Å². The first-order valence-corrected chi connectivity index (χ1v) is 4.26. The third kappa shape index (κ3) is 2.67. The molecule has 1 aromatic carbocycles. The Bertz CT molecular complexity index is 432. The van der Waals surface area contributed by atoms with Gasteiger partial charge < -0.3 is 10.2 Å². The van der Waals surface area contributed by atoms with Crippen LogP contribution >= 0.6 is 0 Å². The van der Waals surface area contributed by atoms with Gasteiger partial charge >= 0.3 is 11.9 Å². The van der Waals surface area contributed by atoms with Gasteiger partial charge in [-0.15, -0.1) is 0 Å². The predicted molar refractivity (Wildman–Crippen MR) is 54.7 cm³/mol. The van der Waals surface area contributed by atoms with Crippen LogP contribution in [0, 0.1) is 0 Å². The van der Waals surface area contributed by atoms with Gasteiger partial charge in [-0.2, -0.15) is 0 Å². The minimum atomic E-state index is -1.09. The second-order valence-corrected chi connectivity index (χ2v) is 3.02. The van der Waals surface area contributed by atoms with Crippen LogP contribution in [0.15, 0.2) is 30.3 Å². The maximum Gasteiger partial charge on any atom is 0.336 e. The third-order valence-electron chi connectivity index (χ3n) is 1.92. The van der Waals surface area contributed by atoms with Crippen LogP contribution in [0.4, 0.5) is 0 Å². The van der Waals surface area contributed by atoms with Crippen molar-refractivity contribution in [3.8, 4) is 0 Å². The molecule has 1 aromatic rings. The molecule has 0 aromatic heterocycles. The first-order valence-electron chi connectivity index (χ1n) is 4.26. The second-order valence-electron chi connectivity index (χ2n) is 3.02. The lowest BCUT2D eigenvalue weighted by atomic mass is 10.0. The minimum absolute atomic E-state index is 0.104. The van der Waals surface area contributed by atoms with Crippen molar-refractivity contribution in [1.29, 1.82) is 0 Å². The Hall–Kier alpha value is -2.10. The van der Waals surface area contributed by atoms with E-state index in [1.165, 1.54) is 6.07 Å². The maximum atomic E-state index is 10.8. The first kappa shape index (κ1) is 11.0. The molecule has 0 fully saturated rings. The normalized spacial score (nSPS) is 11.1. The standard InChI is InChI=1S/C11H10O4/c1-7(6-10(12)13)8-4-2-3-5-9(8)11(14)15/h2-6H,1H3,(H,12,13)(H,14,15)/b7-6+. The molecule has 4 heteroatoms. The van der Waals surface area contributed by atoms with Gasteiger partial charge in [0, 0.05) is 6.08 Å². The van der Waals surface area contributed by atoms with E-state index in [0.29, 0.717) is 11.1 Å². The molecule has 0 aliphatic rings. The summed E-state index contributed by atoms with van der Waals surface area (Å²) in [7, 11) is 0. The molecular formula is C11H10O4. The smallest absolute Gasteiger partial charge is 0.336 e. The molecule has 0 spiro atoms. The van der Waals surface area contributed by atoms with Crippen LogP contribution in [-0.4, -0.2) is 22.2 Å². The van der Waals surface area contributed by atoms with Crippen LogP contribution in [0.2, 0.25) is 0 Å². The van der Waals surface area contributed by atoms with Gasteiger partial charge in [0.15, 0.2) is 0 Å². The van der Waals surface area contributed by atoms with E-state index in [1.807, 2.05) is 0 Å². The Morgan fingerprint density at radius 3 is 2.13 bits per heavy atom. The fourth-order valence-electron chi connectivity index (χ4n) is 1.28. The van der Waals surface area contributed by atoms with Crippen molar-refractivity contribution in [1.82, 2.24) is 0 Å². The van der Waals surface area contributed by atoms with Crippen molar-refractivity contribution >= 4 is 17.5 Å². The van der Waals surface area contributed by atoms with Gasteiger partial charge in [-0.3, -0.25) is 0 Å². The SMILES string of the molecule is C/C(=C\C(=O)O)c1ccccc1C(=O)O. The molecule has 0 radical (unpaired) electrons. The predicted octanol–water partition coefficient (Wildman–Crippen LogP) is 1.87. The van der Waals surface area contributed by atoms with Crippen molar-refractivity contribution in [3.05, 3.63) is 41.5 Å². The number of carboxylic acid groups (broad SMARTS) is 2. The van der Waals surface area contributed by atoms with E-state index >= 15 is 0 Å². The van der Waals surface area contributed by atoms with E-state index in [2.05, 4.69) is 0 Å². The van der Waals surface area contributed by atoms with E-state index in [0.717, 1.165) is 6.08 Å². The molecule has 78 valence electrons. The molecule has 0 aliphatic carbocycles. The van der Waals surface area contributed by atoms with Crippen LogP contribution in [-0.2, 0) is 4.79 Å². The molecule has 0 saturated carbocycles. The number of aromatic carboxylic acids is 1. The summed E-state index contributed by atoms with van der Waals surface area (Å²) in [4.78, 5) is 21.3. The summed E-state index contributed by atoms with van der Waals surface area (Å²) in [6.07, 6.45) is 0.988. The molecule has 1 rings (SSSR count). The fraction of sp³-hybridized carbons (Fsp3) is 0.0909. The van der Waals surface area contributed by atoms with Gasteiger partial charge in [-0.25, -0.2) is 9.59 Å². The minimum Gasteiger partial charge on any atom is -0.478 e. The van der Waals surface area contributed by atoms with E-state index in [1.54, 1.807) is 25.1 Å². The zero-order chi connectivity index (χ0) is 11.4. The average Bonchev–Trinajstić information content (AvgIpc) is 2.16. The number of carbonyl (C=O) groups is 2. The molecule has 15 heavy (non-hydrogen) atoms. The van der Waals surface area contributed by atoms with Crippen molar-refractivity contribution < 1.29 is 19.8 Å². The van der Waals surface area contributed by atoms with Crippen LogP contribution in [0.1, 0.15) is 22.8 Å². The number of allylic oxidation sites excluding steroid dienone is 1. The molecule has 2 N–H and O–H groups in total. The quantitative estimate of drug-likeness (QED) is 0.740. The summed E-state index contributed by atoms with van der Waals surface area (Å²) in [5.41, 5.74) is 0.945. The summed E-state index contributed by atoms with van der Waals surface area (Å²) in [5.74, 6) is -2.16. The van der Waals surface area contributed by atoms with Crippen LogP contribution in [0.25, 0.3) is 5.57 Å². The van der Waals surface area contributed by atoms with Gasteiger partial charge in [0.05, 0.1) is 5.56 Å². The van der Waals surface area contributed by atoms with Crippen LogP contribution < -0.4 is 0 Å².